The number of ketones is 2. The monoisotopic (exact) mass is 428 g/mol. The maximum atomic E-state index is 12.9. The Morgan fingerprint density at radius 3 is 2.39 bits per heavy atom. The summed E-state index contributed by atoms with van der Waals surface area (Å²) < 4.78 is 7.83. The summed E-state index contributed by atoms with van der Waals surface area (Å²) in [5, 5.41) is 1.10. The van der Waals surface area contributed by atoms with Crippen molar-refractivity contribution >= 4 is 43.4 Å². The molecule has 1 aliphatic carbocycles. The number of benzene rings is 2. The Bertz CT molecular complexity index is 1420. The predicted octanol–water partition coefficient (Wildman–Crippen LogP) is 4.67. The van der Waals surface area contributed by atoms with Crippen LogP contribution in [0.5, 0.6) is 0 Å². The molecule has 0 aliphatic heterocycles. The fraction of sp³-hybridized carbons (Fsp3) is 0.160. The first kappa shape index (κ1) is 19.7. The van der Waals surface area contributed by atoms with Crippen molar-refractivity contribution in [2.75, 3.05) is 0 Å². The second-order valence-corrected chi connectivity index (χ2v) is 8.52. The summed E-state index contributed by atoms with van der Waals surface area (Å²) in [6, 6.07) is 13.5. The van der Waals surface area contributed by atoms with Gasteiger partial charge in [0.2, 0.25) is 5.71 Å². The second kappa shape index (κ2) is 7.14. The predicted molar refractivity (Wildman–Crippen MR) is 125 cm³/mol. The van der Waals surface area contributed by atoms with Gasteiger partial charge in [-0.1, -0.05) is 31.2 Å². The molecule has 5 nitrogen and oxygen atoms in total. The van der Waals surface area contributed by atoms with Gasteiger partial charge in [0.1, 0.15) is 17.1 Å². The fourth-order valence-electron chi connectivity index (χ4n) is 4.13. The topological polar surface area (TPSA) is 65.1 Å². The molecule has 2 heterocycles. The summed E-state index contributed by atoms with van der Waals surface area (Å²) in [5.74, 6) is 0.733. The molecule has 0 spiro atoms. The van der Waals surface area contributed by atoms with Crippen LogP contribution in [0.15, 0.2) is 52.5 Å². The molecule has 5 rings (SSSR count). The number of Topliss-reactive ketones (excluding diaryl/α,β-unsaturated/α-hetero) is 2. The van der Waals surface area contributed by atoms with Gasteiger partial charge in [0.15, 0.2) is 11.6 Å². The highest BCUT2D eigenvalue weighted by atomic mass is 31.0. The number of aryl methyl sites for hydroxylation is 3. The number of aromatic nitrogens is 2. The Morgan fingerprint density at radius 1 is 1.06 bits per heavy atom. The highest BCUT2D eigenvalue weighted by Crippen LogP contribution is 2.32. The van der Waals surface area contributed by atoms with Crippen molar-refractivity contribution in [1.29, 1.82) is 0 Å². The number of carbonyl (C=O) groups excluding carboxylic acids is 2. The molecule has 4 aromatic rings. The van der Waals surface area contributed by atoms with Crippen LogP contribution in [0.2, 0.25) is 0 Å². The van der Waals surface area contributed by atoms with Crippen LogP contribution in [0.1, 0.15) is 44.5 Å². The first-order valence-corrected chi connectivity index (χ1v) is 10.7. The number of rotatable bonds is 3. The molecule has 1 unspecified atom stereocenters. The average Bonchev–Trinajstić information content (AvgIpc) is 3.36. The highest BCUT2D eigenvalue weighted by Gasteiger charge is 2.34. The fourth-order valence-corrected chi connectivity index (χ4v) is 4.33. The van der Waals surface area contributed by atoms with Gasteiger partial charge in [-0.05, 0) is 48.0 Å². The second-order valence-electron chi connectivity index (χ2n) is 7.85. The summed E-state index contributed by atoms with van der Waals surface area (Å²) in [7, 11) is 4.58. The lowest BCUT2D eigenvalue weighted by Gasteiger charge is -2.04. The zero-order chi connectivity index (χ0) is 21.9. The largest absolute Gasteiger partial charge is 0.437 e. The van der Waals surface area contributed by atoms with Crippen molar-refractivity contribution in [3.8, 4) is 11.4 Å². The van der Waals surface area contributed by atoms with Gasteiger partial charge >= 0.3 is 0 Å². The molecule has 0 amide bonds. The SMILES string of the molecule is CCc1cc2c(cc1C)C(=O)/C(=C/c1cc3c(nc(-c4ccc(P)cc4)n3C)o1)C2=O. The zero-order valence-electron chi connectivity index (χ0n) is 17.5. The third-order valence-corrected chi connectivity index (χ3v) is 6.28. The molecule has 154 valence electrons. The molecule has 0 radical (unpaired) electrons. The first-order valence-electron chi connectivity index (χ1n) is 10.1. The van der Waals surface area contributed by atoms with E-state index in [1.54, 1.807) is 0 Å². The van der Waals surface area contributed by atoms with Crippen LogP contribution >= 0.6 is 9.24 Å². The first-order chi connectivity index (χ1) is 14.9. The zero-order valence-corrected chi connectivity index (χ0v) is 18.7. The standard InChI is InChI=1S/C25H21N2O3P/c1-4-14-10-19-18(9-13(14)2)22(28)20(23(19)29)11-16-12-21-25(30-16)26-24(27(21)3)15-5-7-17(31)8-6-15/h5-12H,4,31H2,1-3H3/b20-11-. The van der Waals surface area contributed by atoms with Gasteiger partial charge < -0.3 is 8.98 Å². The number of carbonyl (C=O) groups is 2. The molecule has 6 heteroatoms. The Kier molecular flexibility index (Phi) is 4.53. The highest BCUT2D eigenvalue weighted by molar-refractivity contribution is 7.27. The lowest BCUT2D eigenvalue weighted by atomic mass is 9.99. The van der Waals surface area contributed by atoms with Crippen LogP contribution in [0.3, 0.4) is 0 Å². The van der Waals surface area contributed by atoms with Gasteiger partial charge in [0.25, 0.3) is 0 Å². The van der Waals surface area contributed by atoms with Crippen LogP contribution in [-0.4, -0.2) is 21.1 Å². The van der Waals surface area contributed by atoms with E-state index in [0.29, 0.717) is 22.6 Å². The Balaban J connectivity index is 1.54. The molecule has 0 N–H and O–H groups in total. The summed E-state index contributed by atoms with van der Waals surface area (Å²) in [5.41, 5.74) is 5.45. The molecule has 0 saturated carbocycles. The van der Waals surface area contributed by atoms with E-state index in [0.717, 1.165) is 39.8 Å². The molecule has 1 aliphatic rings. The van der Waals surface area contributed by atoms with Gasteiger partial charge in [-0.25, -0.2) is 0 Å². The van der Waals surface area contributed by atoms with Crippen molar-refractivity contribution in [3.63, 3.8) is 0 Å². The van der Waals surface area contributed by atoms with Crippen molar-refractivity contribution in [3.05, 3.63) is 76.1 Å². The van der Waals surface area contributed by atoms with E-state index in [2.05, 4.69) is 14.2 Å². The minimum absolute atomic E-state index is 0.137. The van der Waals surface area contributed by atoms with E-state index in [-0.39, 0.29) is 17.1 Å². The Morgan fingerprint density at radius 2 is 1.74 bits per heavy atom. The lowest BCUT2D eigenvalue weighted by molar-refractivity contribution is 0.0990. The van der Waals surface area contributed by atoms with Gasteiger partial charge in [-0.2, -0.15) is 4.98 Å². The van der Waals surface area contributed by atoms with Crippen molar-refractivity contribution in [2.45, 2.75) is 20.3 Å². The molecule has 0 fully saturated rings. The Hall–Kier alpha value is -3.30. The normalized spacial score (nSPS) is 14.8. The van der Waals surface area contributed by atoms with E-state index in [9.17, 15) is 9.59 Å². The minimum atomic E-state index is -0.252. The molecule has 2 aromatic carbocycles. The number of nitrogens with zero attached hydrogens (tertiary/aromatic N) is 2. The molecule has 0 bridgehead atoms. The van der Waals surface area contributed by atoms with E-state index in [4.69, 9.17) is 4.42 Å². The van der Waals surface area contributed by atoms with E-state index < -0.39 is 0 Å². The Labute approximate surface area is 182 Å². The third kappa shape index (κ3) is 3.08. The number of hydrogen-bond acceptors (Lipinski definition) is 4. The van der Waals surface area contributed by atoms with Crippen LogP contribution in [0, 0.1) is 6.92 Å². The number of fused-ring (bicyclic) bond motifs is 2. The molecule has 1 atom stereocenters. The van der Waals surface area contributed by atoms with Crippen molar-refractivity contribution in [2.24, 2.45) is 7.05 Å². The maximum absolute atomic E-state index is 12.9. The summed E-state index contributed by atoms with van der Waals surface area (Å²) >= 11 is 0. The summed E-state index contributed by atoms with van der Waals surface area (Å²) in [6.45, 7) is 4.01. The van der Waals surface area contributed by atoms with Gasteiger partial charge in [0, 0.05) is 29.8 Å². The van der Waals surface area contributed by atoms with Gasteiger partial charge in [-0.3, -0.25) is 9.59 Å². The molecular weight excluding hydrogens is 407 g/mol. The molecule has 31 heavy (non-hydrogen) atoms. The van der Waals surface area contributed by atoms with Crippen molar-refractivity contribution in [1.82, 2.24) is 9.55 Å². The molecular formula is C25H21N2O3P. The van der Waals surface area contributed by atoms with E-state index in [1.807, 2.05) is 67.9 Å². The number of allylic oxidation sites excluding steroid dienone is 1. The number of furan rings is 1. The number of imidazole rings is 1. The molecule has 2 aromatic heterocycles. The van der Waals surface area contributed by atoms with Crippen LogP contribution in [-0.2, 0) is 13.5 Å². The van der Waals surface area contributed by atoms with Gasteiger partial charge in [-0.15, -0.1) is 9.24 Å². The summed E-state index contributed by atoms with van der Waals surface area (Å²) in [6.07, 6.45) is 2.35. The van der Waals surface area contributed by atoms with E-state index >= 15 is 0 Å². The quantitative estimate of drug-likeness (QED) is 0.270. The third-order valence-electron chi connectivity index (χ3n) is 5.89. The van der Waals surface area contributed by atoms with Crippen molar-refractivity contribution < 1.29 is 14.0 Å². The smallest absolute Gasteiger partial charge is 0.245 e. The minimum Gasteiger partial charge on any atom is -0.437 e. The molecule has 0 saturated heterocycles. The van der Waals surface area contributed by atoms with E-state index in [1.165, 1.54) is 6.08 Å². The lowest BCUT2D eigenvalue weighted by Crippen LogP contribution is -2.00. The van der Waals surface area contributed by atoms with Crippen LogP contribution < -0.4 is 5.30 Å². The van der Waals surface area contributed by atoms with Gasteiger partial charge in [0.05, 0.1) is 5.57 Å². The number of hydrogen-bond donors (Lipinski definition) is 0. The maximum Gasteiger partial charge on any atom is 0.245 e. The van der Waals surface area contributed by atoms with Crippen LogP contribution in [0.4, 0.5) is 0 Å². The summed E-state index contributed by atoms with van der Waals surface area (Å²) in [4.78, 5) is 30.4. The average molecular weight is 428 g/mol. The van der Waals surface area contributed by atoms with Crippen LogP contribution in [0.25, 0.3) is 28.7 Å².